The van der Waals surface area contributed by atoms with Gasteiger partial charge >= 0.3 is 5.97 Å². The molecule has 7 heteroatoms. The zero-order valence-electron chi connectivity index (χ0n) is 16.2. The van der Waals surface area contributed by atoms with Gasteiger partial charge in [-0.2, -0.15) is 0 Å². The molecule has 0 radical (unpaired) electrons. The van der Waals surface area contributed by atoms with E-state index in [2.05, 4.69) is 26.6 Å². The number of nitrogens with one attached hydrogen (secondary N) is 2. The number of anilines is 3. The molecule has 0 saturated carbocycles. The fourth-order valence-corrected chi connectivity index (χ4v) is 3.37. The molecule has 0 heterocycles. The third-order valence-electron chi connectivity index (χ3n) is 4.50. The normalized spacial score (nSPS) is 10.5. The Hall–Kier alpha value is -3.19. The summed E-state index contributed by atoms with van der Waals surface area (Å²) in [5.74, 6) is -1.82. The van der Waals surface area contributed by atoms with Gasteiger partial charge < -0.3 is 15.7 Å². The molecule has 3 aromatic carbocycles. The molecule has 5 nitrogen and oxygen atoms in total. The number of carbonyl (C=O) groups is 2. The number of carboxylic acid groups (broad SMARTS) is 1. The predicted molar refractivity (Wildman–Crippen MR) is 119 cm³/mol. The lowest BCUT2D eigenvalue weighted by Crippen LogP contribution is -2.14. The van der Waals surface area contributed by atoms with Gasteiger partial charge in [-0.1, -0.05) is 40.2 Å². The zero-order chi connectivity index (χ0) is 21.7. The standard InChI is InChI=1S/C23H20BrFN2O3/c1-14-4-2-3-5-17(14)18-8-7-16(13-19(18)25)26-20-9-6-15(24)12-21(20)27-22(28)10-11-23(29)30/h2-9,12-13,26H,10-11H2,1H3,(H,27,28)(H,29,30). The lowest BCUT2D eigenvalue weighted by molar-refractivity contribution is -0.138. The van der Waals surface area contributed by atoms with Crippen LogP contribution in [0.25, 0.3) is 11.1 Å². The van der Waals surface area contributed by atoms with E-state index in [1.807, 2.05) is 31.2 Å². The van der Waals surface area contributed by atoms with E-state index in [0.29, 0.717) is 22.6 Å². The molecule has 0 fully saturated rings. The van der Waals surface area contributed by atoms with Crippen molar-refractivity contribution >= 4 is 44.9 Å². The molecule has 30 heavy (non-hydrogen) atoms. The maximum absolute atomic E-state index is 14.8. The van der Waals surface area contributed by atoms with Crippen LogP contribution >= 0.6 is 15.9 Å². The van der Waals surface area contributed by atoms with Gasteiger partial charge in [-0.05, 0) is 54.4 Å². The van der Waals surface area contributed by atoms with Crippen molar-refractivity contribution in [1.29, 1.82) is 0 Å². The first-order chi connectivity index (χ1) is 14.3. The molecule has 0 aliphatic heterocycles. The number of hydrogen-bond acceptors (Lipinski definition) is 3. The minimum atomic E-state index is -1.04. The molecule has 3 aromatic rings. The number of benzene rings is 3. The van der Waals surface area contributed by atoms with Crippen LogP contribution in [0.3, 0.4) is 0 Å². The average molecular weight is 471 g/mol. The highest BCUT2D eigenvalue weighted by Crippen LogP contribution is 2.32. The van der Waals surface area contributed by atoms with E-state index < -0.39 is 11.9 Å². The van der Waals surface area contributed by atoms with Crippen LogP contribution in [0.15, 0.2) is 65.1 Å². The SMILES string of the molecule is Cc1ccccc1-c1ccc(Nc2ccc(Br)cc2NC(=O)CCC(=O)O)cc1F. The lowest BCUT2D eigenvalue weighted by atomic mass is 10.00. The Kier molecular flexibility index (Phi) is 6.84. The van der Waals surface area contributed by atoms with Crippen LogP contribution in [0.5, 0.6) is 0 Å². The van der Waals surface area contributed by atoms with Crippen LogP contribution in [0.2, 0.25) is 0 Å². The van der Waals surface area contributed by atoms with Gasteiger partial charge in [0.25, 0.3) is 0 Å². The average Bonchev–Trinajstić information content (AvgIpc) is 2.69. The highest BCUT2D eigenvalue weighted by atomic mass is 79.9. The summed E-state index contributed by atoms with van der Waals surface area (Å²) in [6.07, 6.45) is -0.394. The van der Waals surface area contributed by atoms with E-state index in [0.717, 1.165) is 15.6 Å². The van der Waals surface area contributed by atoms with Crippen LogP contribution in [-0.4, -0.2) is 17.0 Å². The Morgan fingerprint density at radius 2 is 1.73 bits per heavy atom. The largest absolute Gasteiger partial charge is 0.481 e. The van der Waals surface area contributed by atoms with Crippen molar-refractivity contribution in [2.75, 3.05) is 10.6 Å². The lowest BCUT2D eigenvalue weighted by Gasteiger charge is -2.15. The second-order valence-electron chi connectivity index (χ2n) is 6.77. The van der Waals surface area contributed by atoms with Crippen molar-refractivity contribution in [3.63, 3.8) is 0 Å². The highest BCUT2D eigenvalue weighted by Gasteiger charge is 2.12. The first kappa shape index (κ1) is 21.5. The number of aryl methyl sites for hydroxylation is 1. The van der Waals surface area contributed by atoms with Gasteiger partial charge in [0.05, 0.1) is 17.8 Å². The van der Waals surface area contributed by atoms with Crippen LogP contribution in [0.4, 0.5) is 21.5 Å². The van der Waals surface area contributed by atoms with Gasteiger partial charge in [0, 0.05) is 22.1 Å². The maximum atomic E-state index is 14.8. The molecule has 0 aliphatic rings. The van der Waals surface area contributed by atoms with E-state index in [9.17, 15) is 14.0 Å². The third kappa shape index (κ3) is 5.45. The Bertz CT molecular complexity index is 1100. The molecule has 0 aromatic heterocycles. The van der Waals surface area contributed by atoms with Crippen molar-refractivity contribution in [2.24, 2.45) is 0 Å². The van der Waals surface area contributed by atoms with Crippen molar-refractivity contribution in [3.8, 4) is 11.1 Å². The van der Waals surface area contributed by atoms with Gasteiger partial charge in [0.15, 0.2) is 0 Å². The minimum Gasteiger partial charge on any atom is -0.481 e. The number of carboxylic acids is 1. The van der Waals surface area contributed by atoms with Crippen molar-refractivity contribution < 1.29 is 19.1 Å². The summed E-state index contributed by atoms with van der Waals surface area (Å²) in [5, 5.41) is 14.5. The quantitative estimate of drug-likeness (QED) is 0.389. The molecule has 0 unspecified atom stereocenters. The fourth-order valence-electron chi connectivity index (χ4n) is 3.00. The van der Waals surface area contributed by atoms with Gasteiger partial charge in [-0.15, -0.1) is 0 Å². The van der Waals surface area contributed by atoms with Gasteiger partial charge in [0.2, 0.25) is 5.91 Å². The summed E-state index contributed by atoms with van der Waals surface area (Å²) in [6.45, 7) is 1.93. The zero-order valence-corrected chi connectivity index (χ0v) is 17.8. The Labute approximate surface area is 182 Å². The Morgan fingerprint density at radius 3 is 2.43 bits per heavy atom. The number of hydrogen-bond donors (Lipinski definition) is 3. The molecule has 0 saturated heterocycles. The number of halogens is 2. The second-order valence-corrected chi connectivity index (χ2v) is 7.68. The summed E-state index contributed by atoms with van der Waals surface area (Å²) in [6, 6.07) is 17.7. The highest BCUT2D eigenvalue weighted by molar-refractivity contribution is 9.10. The van der Waals surface area contributed by atoms with Gasteiger partial charge in [0.1, 0.15) is 5.82 Å². The summed E-state index contributed by atoms with van der Waals surface area (Å²) in [5.41, 5.74) is 3.87. The van der Waals surface area contributed by atoms with E-state index in [-0.39, 0.29) is 18.7 Å². The fraction of sp³-hybridized carbons (Fsp3) is 0.130. The number of rotatable bonds is 7. The first-order valence-corrected chi connectivity index (χ1v) is 10.1. The smallest absolute Gasteiger partial charge is 0.303 e. The molecular weight excluding hydrogens is 451 g/mol. The number of carbonyl (C=O) groups excluding carboxylic acids is 1. The summed E-state index contributed by atoms with van der Waals surface area (Å²) in [4.78, 5) is 22.7. The molecular formula is C23H20BrFN2O3. The molecule has 0 atom stereocenters. The van der Waals surface area contributed by atoms with Gasteiger partial charge in [-0.25, -0.2) is 4.39 Å². The molecule has 1 amide bonds. The topological polar surface area (TPSA) is 78.4 Å². The first-order valence-electron chi connectivity index (χ1n) is 9.27. The molecule has 3 rings (SSSR count). The third-order valence-corrected chi connectivity index (χ3v) is 5.00. The molecule has 154 valence electrons. The van der Waals surface area contributed by atoms with Crippen LogP contribution in [0.1, 0.15) is 18.4 Å². The summed E-state index contributed by atoms with van der Waals surface area (Å²) < 4.78 is 15.5. The Balaban J connectivity index is 1.82. The van der Waals surface area contributed by atoms with E-state index in [1.54, 1.807) is 30.3 Å². The van der Waals surface area contributed by atoms with Crippen LogP contribution in [0, 0.1) is 12.7 Å². The summed E-state index contributed by atoms with van der Waals surface area (Å²) in [7, 11) is 0. The Morgan fingerprint density at radius 1 is 0.967 bits per heavy atom. The van der Waals surface area contributed by atoms with E-state index in [4.69, 9.17) is 5.11 Å². The molecule has 0 spiro atoms. The molecule has 3 N–H and O–H groups in total. The van der Waals surface area contributed by atoms with Crippen LogP contribution < -0.4 is 10.6 Å². The van der Waals surface area contributed by atoms with E-state index in [1.165, 1.54) is 6.07 Å². The van der Waals surface area contributed by atoms with Crippen LogP contribution in [-0.2, 0) is 9.59 Å². The van der Waals surface area contributed by atoms with Crippen molar-refractivity contribution in [1.82, 2.24) is 0 Å². The molecule has 0 aliphatic carbocycles. The predicted octanol–water partition coefficient (Wildman–Crippen LogP) is 6.11. The number of amides is 1. The second kappa shape index (κ2) is 9.54. The minimum absolute atomic E-state index is 0.138. The van der Waals surface area contributed by atoms with Crippen molar-refractivity contribution in [2.45, 2.75) is 19.8 Å². The monoisotopic (exact) mass is 470 g/mol. The summed E-state index contributed by atoms with van der Waals surface area (Å²) >= 11 is 3.35. The molecule has 0 bridgehead atoms. The van der Waals surface area contributed by atoms with Crippen molar-refractivity contribution in [3.05, 3.63) is 76.5 Å². The van der Waals surface area contributed by atoms with E-state index >= 15 is 0 Å². The maximum Gasteiger partial charge on any atom is 0.303 e. The number of aliphatic carboxylic acids is 1. The van der Waals surface area contributed by atoms with Gasteiger partial charge in [-0.3, -0.25) is 9.59 Å².